The zero-order valence-electron chi connectivity index (χ0n) is 9.28. The third kappa shape index (κ3) is 3.28. The Morgan fingerprint density at radius 3 is 2.82 bits per heavy atom. The Kier molecular flexibility index (Phi) is 3.81. The van der Waals surface area contributed by atoms with Crippen LogP contribution in [-0.4, -0.2) is 29.8 Å². The molecule has 17 heavy (non-hydrogen) atoms. The number of rotatable bonds is 5. The van der Waals surface area contributed by atoms with E-state index in [-0.39, 0.29) is 6.42 Å². The van der Waals surface area contributed by atoms with Crippen molar-refractivity contribution in [2.75, 3.05) is 13.1 Å². The van der Waals surface area contributed by atoms with Crippen molar-refractivity contribution in [1.29, 1.82) is 0 Å². The summed E-state index contributed by atoms with van der Waals surface area (Å²) in [7, 11) is 0. The number of hydrogen-bond donors (Lipinski definition) is 2. The van der Waals surface area contributed by atoms with Crippen molar-refractivity contribution in [3.63, 3.8) is 0 Å². The summed E-state index contributed by atoms with van der Waals surface area (Å²) in [4.78, 5) is 10.8. The Balaban J connectivity index is 1.94. The van der Waals surface area contributed by atoms with Gasteiger partial charge in [-0.2, -0.15) is 0 Å². The number of aliphatic carboxylic acids is 1. The van der Waals surface area contributed by atoms with Gasteiger partial charge in [0, 0.05) is 17.6 Å². The smallest absolute Gasteiger partial charge is 0.306 e. The highest BCUT2D eigenvalue weighted by molar-refractivity contribution is 9.10. The standard InChI is InChI=1S/C12H14BrNO3/c13-10-3-1-2-9(4-10)6-17-12(5-11(15)16)7-14-8-12/h1-4,14H,5-8H2,(H,15,16). The molecular weight excluding hydrogens is 286 g/mol. The fraction of sp³-hybridized carbons (Fsp3) is 0.417. The van der Waals surface area contributed by atoms with Crippen LogP contribution >= 0.6 is 15.9 Å². The van der Waals surface area contributed by atoms with Gasteiger partial charge in [0.1, 0.15) is 5.60 Å². The fourth-order valence-corrected chi connectivity index (χ4v) is 2.27. The molecule has 0 amide bonds. The molecule has 0 radical (unpaired) electrons. The molecule has 2 rings (SSSR count). The first kappa shape index (κ1) is 12.5. The topological polar surface area (TPSA) is 58.6 Å². The van der Waals surface area contributed by atoms with Gasteiger partial charge in [-0.05, 0) is 17.7 Å². The van der Waals surface area contributed by atoms with Gasteiger partial charge in [0.2, 0.25) is 0 Å². The van der Waals surface area contributed by atoms with Crippen LogP contribution in [0, 0.1) is 0 Å². The van der Waals surface area contributed by atoms with Crippen molar-refractivity contribution < 1.29 is 14.6 Å². The normalized spacial score (nSPS) is 17.5. The summed E-state index contributed by atoms with van der Waals surface area (Å²) in [6.45, 7) is 1.65. The maximum absolute atomic E-state index is 10.8. The van der Waals surface area contributed by atoms with Gasteiger partial charge < -0.3 is 15.2 Å². The van der Waals surface area contributed by atoms with Gasteiger partial charge in [0.25, 0.3) is 0 Å². The summed E-state index contributed by atoms with van der Waals surface area (Å²) in [6, 6.07) is 7.82. The number of carboxylic acids is 1. The highest BCUT2D eigenvalue weighted by Crippen LogP contribution is 2.23. The molecule has 0 aliphatic carbocycles. The summed E-state index contributed by atoms with van der Waals surface area (Å²) in [5.74, 6) is -0.819. The Hall–Kier alpha value is -0.910. The van der Waals surface area contributed by atoms with Gasteiger partial charge in [-0.1, -0.05) is 28.1 Å². The lowest BCUT2D eigenvalue weighted by atomic mass is 9.92. The predicted molar refractivity (Wildman–Crippen MR) is 66.8 cm³/mol. The minimum atomic E-state index is -0.819. The van der Waals surface area contributed by atoms with E-state index in [9.17, 15) is 4.79 Å². The fourth-order valence-electron chi connectivity index (χ4n) is 1.82. The van der Waals surface area contributed by atoms with Crippen molar-refractivity contribution in [3.8, 4) is 0 Å². The summed E-state index contributed by atoms with van der Waals surface area (Å²) in [5, 5.41) is 11.9. The first-order valence-corrected chi connectivity index (χ1v) is 6.20. The Morgan fingerprint density at radius 2 is 2.29 bits per heavy atom. The lowest BCUT2D eigenvalue weighted by Crippen LogP contribution is -2.61. The molecule has 92 valence electrons. The van der Waals surface area contributed by atoms with E-state index in [0.717, 1.165) is 10.0 Å². The Bertz CT molecular complexity index is 418. The summed E-state index contributed by atoms with van der Waals surface area (Å²) in [6.07, 6.45) is 0.0496. The zero-order chi connectivity index (χ0) is 12.3. The van der Waals surface area contributed by atoms with Gasteiger partial charge in [-0.3, -0.25) is 4.79 Å². The van der Waals surface area contributed by atoms with Crippen LogP contribution < -0.4 is 5.32 Å². The van der Waals surface area contributed by atoms with Gasteiger partial charge in [-0.15, -0.1) is 0 Å². The quantitative estimate of drug-likeness (QED) is 0.870. The van der Waals surface area contributed by atoms with Gasteiger partial charge >= 0.3 is 5.97 Å². The largest absolute Gasteiger partial charge is 0.481 e. The highest BCUT2D eigenvalue weighted by atomic mass is 79.9. The molecule has 5 heteroatoms. The van der Waals surface area contributed by atoms with Crippen molar-refractivity contribution in [1.82, 2.24) is 5.32 Å². The number of ether oxygens (including phenoxy) is 1. The zero-order valence-corrected chi connectivity index (χ0v) is 10.9. The monoisotopic (exact) mass is 299 g/mol. The van der Waals surface area contributed by atoms with Crippen molar-refractivity contribution in [2.45, 2.75) is 18.6 Å². The molecule has 0 aromatic heterocycles. The van der Waals surface area contributed by atoms with Crippen LogP contribution in [0.15, 0.2) is 28.7 Å². The third-order valence-electron chi connectivity index (χ3n) is 2.80. The van der Waals surface area contributed by atoms with E-state index in [1.807, 2.05) is 24.3 Å². The maximum Gasteiger partial charge on any atom is 0.306 e. The maximum atomic E-state index is 10.8. The molecule has 1 aromatic rings. The number of nitrogens with one attached hydrogen (secondary N) is 1. The van der Waals surface area contributed by atoms with Gasteiger partial charge in [-0.25, -0.2) is 0 Å². The van der Waals surface area contributed by atoms with E-state index in [1.54, 1.807) is 0 Å². The van der Waals surface area contributed by atoms with Gasteiger partial charge in [0.05, 0.1) is 13.0 Å². The number of carbonyl (C=O) groups is 1. The van der Waals surface area contributed by atoms with E-state index in [0.29, 0.717) is 19.7 Å². The van der Waals surface area contributed by atoms with E-state index in [4.69, 9.17) is 9.84 Å². The number of carboxylic acid groups (broad SMARTS) is 1. The van der Waals surface area contributed by atoms with E-state index < -0.39 is 11.6 Å². The summed E-state index contributed by atoms with van der Waals surface area (Å²) < 4.78 is 6.75. The molecule has 1 aromatic carbocycles. The van der Waals surface area contributed by atoms with Crippen molar-refractivity contribution in [3.05, 3.63) is 34.3 Å². The average Bonchev–Trinajstić information content (AvgIpc) is 2.21. The molecule has 0 unspecified atom stereocenters. The molecule has 4 nitrogen and oxygen atoms in total. The number of hydrogen-bond acceptors (Lipinski definition) is 3. The molecule has 2 N–H and O–H groups in total. The minimum absolute atomic E-state index is 0.0496. The first-order chi connectivity index (χ1) is 8.10. The molecule has 0 atom stereocenters. The highest BCUT2D eigenvalue weighted by Gasteiger charge is 2.40. The molecule has 1 aliphatic rings. The molecule has 0 spiro atoms. The number of benzene rings is 1. The van der Waals surface area contributed by atoms with Crippen LogP contribution in [0.1, 0.15) is 12.0 Å². The van der Waals surface area contributed by atoms with E-state index in [2.05, 4.69) is 21.2 Å². The summed E-state index contributed by atoms with van der Waals surface area (Å²) in [5.41, 5.74) is 0.504. The molecule has 1 fully saturated rings. The second-order valence-corrected chi connectivity index (χ2v) is 5.19. The second-order valence-electron chi connectivity index (χ2n) is 4.28. The first-order valence-electron chi connectivity index (χ1n) is 5.41. The van der Waals surface area contributed by atoms with Crippen molar-refractivity contribution in [2.24, 2.45) is 0 Å². The van der Waals surface area contributed by atoms with Crippen LogP contribution in [0.2, 0.25) is 0 Å². The molecule has 0 saturated carbocycles. The number of halogens is 1. The molecule has 1 saturated heterocycles. The van der Waals surface area contributed by atoms with Crippen LogP contribution in [0.4, 0.5) is 0 Å². The molecule has 1 aliphatic heterocycles. The van der Waals surface area contributed by atoms with Crippen LogP contribution in [0.25, 0.3) is 0 Å². The van der Waals surface area contributed by atoms with Crippen molar-refractivity contribution >= 4 is 21.9 Å². The lowest BCUT2D eigenvalue weighted by molar-refractivity contribution is -0.152. The van der Waals surface area contributed by atoms with Crippen LogP contribution in [-0.2, 0) is 16.1 Å². The van der Waals surface area contributed by atoms with E-state index in [1.165, 1.54) is 0 Å². The lowest BCUT2D eigenvalue weighted by Gasteiger charge is -2.41. The van der Waals surface area contributed by atoms with Crippen LogP contribution in [0.5, 0.6) is 0 Å². The van der Waals surface area contributed by atoms with Crippen LogP contribution in [0.3, 0.4) is 0 Å². The minimum Gasteiger partial charge on any atom is -0.481 e. The second kappa shape index (κ2) is 5.16. The SMILES string of the molecule is O=C(O)CC1(OCc2cccc(Br)c2)CNC1. The Labute approximate surface area is 108 Å². The average molecular weight is 300 g/mol. The molecule has 1 heterocycles. The predicted octanol–water partition coefficient (Wildman–Crippen LogP) is 1.78. The third-order valence-corrected chi connectivity index (χ3v) is 3.30. The summed E-state index contributed by atoms with van der Waals surface area (Å²) >= 11 is 3.39. The van der Waals surface area contributed by atoms with E-state index >= 15 is 0 Å². The van der Waals surface area contributed by atoms with Gasteiger partial charge in [0.15, 0.2) is 0 Å². The molecule has 0 bridgehead atoms. The molecular formula is C12H14BrNO3. The Morgan fingerprint density at radius 1 is 1.53 bits per heavy atom.